The molecule has 0 saturated heterocycles. The summed E-state index contributed by atoms with van der Waals surface area (Å²) in [5.74, 6) is 0.204. The lowest BCUT2D eigenvalue weighted by molar-refractivity contribution is -0.135. The van der Waals surface area contributed by atoms with Crippen LogP contribution in [0.25, 0.3) is 0 Å². The van der Waals surface area contributed by atoms with Gasteiger partial charge in [0.25, 0.3) is 0 Å². The molecule has 0 saturated carbocycles. The molecule has 0 heterocycles. The molecule has 0 radical (unpaired) electrons. The van der Waals surface area contributed by atoms with Gasteiger partial charge in [-0.2, -0.15) is 0 Å². The van der Waals surface area contributed by atoms with Crippen LogP contribution in [0.3, 0.4) is 0 Å². The lowest BCUT2D eigenvalue weighted by Crippen LogP contribution is -2.37. The first-order chi connectivity index (χ1) is 9.53. The van der Waals surface area contributed by atoms with Gasteiger partial charge in [0, 0.05) is 20.2 Å². The van der Waals surface area contributed by atoms with Gasteiger partial charge in [-0.3, -0.25) is 4.79 Å². The molecule has 112 valence electrons. The average Bonchev–Trinajstić information content (AvgIpc) is 2.45. The molecule has 3 N–H and O–H groups in total. The fourth-order valence-corrected chi connectivity index (χ4v) is 2.21. The second-order valence-corrected chi connectivity index (χ2v) is 4.75. The first-order valence-corrected chi connectivity index (χ1v) is 6.84. The molecule has 0 aliphatic carbocycles. The third-order valence-corrected chi connectivity index (χ3v) is 3.48. The molecule has 5 nitrogen and oxygen atoms in total. The predicted octanol–water partition coefficient (Wildman–Crippen LogP) is 1.67. The number of rotatable bonds is 7. The van der Waals surface area contributed by atoms with Gasteiger partial charge in [0.05, 0.1) is 18.6 Å². The van der Waals surface area contributed by atoms with E-state index in [-0.39, 0.29) is 30.2 Å². The maximum absolute atomic E-state index is 12.3. The Hall–Kier alpha value is -1.59. The third kappa shape index (κ3) is 4.21. The number of phenols is 1. The van der Waals surface area contributed by atoms with Crippen LogP contribution in [0.2, 0.25) is 0 Å². The maximum atomic E-state index is 12.3. The van der Waals surface area contributed by atoms with Gasteiger partial charge in [-0.25, -0.2) is 0 Å². The van der Waals surface area contributed by atoms with Crippen LogP contribution in [0.1, 0.15) is 31.9 Å². The van der Waals surface area contributed by atoms with E-state index in [0.717, 1.165) is 5.56 Å². The minimum atomic E-state index is -0.257. The van der Waals surface area contributed by atoms with Crippen LogP contribution in [0.15, 0.2) is 24.3 Å². The Labute approximate surface area is 120 Å². The Morgan fingerprint density at radius 1 is 1.50 bits per heavy atom. The number of nitrogens with zero attached hydrogens (tertiary/aromatic N) is 1. The minimum absolute atomic E-state index is 0.000595. The molecule has 0 fully saturated rings. The summed E-state index contributed by atoms with van der Waals surface area (Å²) < 4.78 is 5.16. The van der Waals surface area contributed by atoms with Crippen LogP contribution in [-0.4, -0.2) is 42.2 Å². The molecular weight excluding hydrogens is 256 g/mol. The van der Waals surface area contributed by atoms with Crippen molar-refractivity contribution in [2.45, 2.75) is 32.4 Å². The lowest BCUT2D eigenvalue weighted by Gasteiger charge is -2.29. The van der Waals surface area contributed by atoms with E-state index in [0.29, 0.717) is 13.1 Å². The van der Waals surface area contributed by atoms with E-state index < -0.39 is 0 Å². The summed E-state index contributed by atoms with van der Waals surface area (Å²) >= 11 is 0. The van der Waals surface area contributed by atoms with Crippen LogP contribution in [0.4, 0.5) is 0 Å². The summed E-state index contributed by atoms with van der Waals surface area (Å²) in [4.78, 5) is 14.1. The monoisotopic (exact) mass is 280 g/mol. The van der Waals surface area contributed by atoms with Gasteiger partial charge in [0.2, 0.25) is 5.91 Å². The quantitative estimate of drug-likeness (QED) is 0.796. The van der Waals surface area contributed by atoms with E-state index in [2.05, 4.69) is 0 Å². The number of ether oxygens (including phenoxy) is 1. The predicted molar refractivity (Wildman–Crippen MR) is 78.4 cm³/mol. The Morgan fingerprint density at radius 2 is 2.20 bits per heavy atom. The Kier molecular flexibility index (Phi) is 6.48. The largest absolute Gasteiger partial charge is 0.508 e. The van der Waals surface area contributed by atoms with Crippen LogP contribution >= 0.6 is 0 Å². The molecule has 5 heteroatoms. The van der Waals surface area contributed by atoms with E-state index >= 15 is 0 Å². The van der Waals surface area contributed by atoms with Crippen molar-refractivity contribution in [1.29, 1.82) is 0 Å². The second-order valence-electron chi connectivity index (χ2n) is 4.75. The SMILES string of the molecule is CCN(C(=O)CC(CN)OC)C(C)c1cccc(O)c1. The smallest absolute Gasteiger partial charge is 0.225 e. The number of hydrogen-bond donors (Lipinski definition) is 2. The zero-order valence-corrected chi connectivity index (χ0v) is 12.4. The number of amides is 1. The number of benzene rings is 1. The van der Waals surface area contributed by atoms with Crippen molar-refractivity contribution in [2.24, 2.45) is 5.73 Å². The molecule has 0 aliphatic heterocycles. The third-order valence-electron chi connectivity index (χ3n) is 3.48. The van der Waals surface area contributed by atoms with Crippen molar-refractivity contribution >= 4 is 5.91 Å². The molecule has 1 aromatic carbocycles. The van der Waals surface area contributed by atoms with Crippen molar-refractivity contribution in [1.82, 2.24) is 4.90 Å². The highest BCUT2D eigenvalue weighted by atomic mass is 16.5. The van der Waals surface area contributed by atoms with Crippen LogP contribution in [0.5, 0.6) is 5.75 Å². The van der Waals surface area contributed by atoms with Gasteiger partial charge in [0.1, 0.15) is 5.75 Å². The topological polar surface area (TPSA) is 75.8 Å². The van der Waals surface area contributed by atoms with Crippen molar-refractivity contribution in [3.05, 3.63) is 29.8 Å². The molecule has 0 bridgehead atoms. The summed E-state index contributed by atoms with van der Waals surface area (Å²) in [6.45, 7) is 4.79. The molecular formula is C15H24N2O3. The number of phenolic OH excluding ortho intramolecular Hbond substituents is 1. The number of methoxy groups -OCH3 is 1. The van der Waals surface area contributed by atoms with Crippen LogP contribution in [0, 0.1) is 0 Å². The molecule has 1 amide bonds. The molecule has 0 aliphatic rings. The average molecular weight is 280 g/mol. The maximum Gasteiger partial charge on any atom is 0.225 e. The van der Waals surface area contributed by atoms with Crippen molar-refractivity contribution in [3.8, 4) is 5.75 Å². The van der Waals surface area contributed by atoms with E-state index in [1.807, 2.05) is 19.9 Å². The van der Waals surface area contributed by atoms with Gasteiger partial charge in [0.15, 0.2) is 0 Å². The van der Waals surface area contributed by atoms with E-state index in [1.54, 1.807) is 30.2 Å². The Balaban J connectivity index is 2.81. The Bertz CT molecular complexity index is 433. The first-order valence-electron chi connectivity index (χ1n) is 6.84. The molecule has 2 unspecified atom stereocenters. The number of hydrogen-bond acceptors (Lipinski definition) is 4. The highest BCUT2D eigenvalue weighted by Crippen LogP contribution is 2.24. The van der Waals surface area contributed by atoms with Gasteiger partial charge < -0.3 is 20.5 Å². The fraction of sp³-hybridized carbons (Fsp3) is 0.533. The normalized spacial score (nSPS) is 13.8. The number of carbonyl (C=O) groups excluding carboxylic acids is 1. The van der Waals surface area contributed by atoms with Gasteiger partial charge in [-0.1, -0.05) is 12.1 Å². The fourth-order valence-electron chi connectivity index (χ4n) is 2.21. The molecule has 0 spiro atoms. The minimum Gasteiger partial charge on any atom is -0.508 e. The lowest BCUT2D eigenvalue weighted by atomic mass is 10.1. The standard InChI is InChI=1S/C15H24N2O3/c1-4-17(15(19)9-14(10-16)20-3)11(2)12-6-5-7-13(18)8-12/h5-8,11,14,18H,4,9-10,16H2,1-3H3. The van der Waals surface area contributed by atoms with Crippen LogP contribution in [-0.2, 0) is 9.53 Å². The number of aromatic hydroxyl groups is 1. The highest BCUT2D eigenvalue weighted by molar-refractivity contribution is 5.77. The summed E-state index contributed by atoms with van der Waals surface area (Å²) in [5, 5.41) is 9.54. The summed E-state index contributed by atoms with van der Waals surface area (Å²) in [6.07, 6.45) is 0.0113. The molecule has 1 aromatic rings. The number of nitrogens with two attached hydrogens (primary N) is 1. The van der Waals surface area contributed by atoms with E-state index in [4.69, 9.17) is 10.5 Å². The summed E-state index contributed by atoms with van der Waals surface area (Å²) in [6, 6.07) is 6.87. The summed E-state index contributed by atoms with van der Waals surface area (Å²) in [7, 11) is 1.56. The van der Waals surface area contributed by atoms with Gasteiger partial charge in [-0.15, -0.1) is 0 Å². The Morgan fingerprint density at radius 3 is 2.70 bits per heavy atom. The zero-order chi connectivity index (χ0) is 15.1. The second kappa shape index (κ2) is 7.87. The first kappa shape index (κ1) is 16.5. The molecule has 1 rings (SSSR count). The van der Waals surface area contributed by atoms with Crippen LogP contribution < -0.4 is 5.73 Å². The molecule has 20 heavy (non-hydrogen) atoms. The zero-order valence-electron chi connectivity index (χ0n) is 12.4. The highest BCUT2D eigenvalue weighted by Gasteiger charge is 2.22. The van der Waals surface area contributed by atoms with E-state index in [1.165, 1.54) is 0 Å². The van der Waals surface area contributed by atoms with E-state index in [9.17, 15) is 9.90 Å². The van der Waals surface area contributed by atoms with Crippen molar-refractivity contribution < 1.29 is 14.6 Å². The van der Waals surface area contributed by atoms with Crippen molar-refractivity contribution in [2.75, 3.05) is 20.2 Å². The summed E-state index contributed by atoms with van der Waals surface area (Å²) in [5.41, 5.74) is 6.46. The van der Waals surface area contributed by atoms with Crippen molar-refractivity contribution in [3.63, 3.8) is 0 Å². The van der Waals surface area contributed by atoms with Gasteiger partial charge in [-0.05, 0) is 31.5 Å². The molecule has 0 aromatic heterocycles. The molecule has 2 atom stereocenters. The van der Waals surface area contributed by atoms with Gasteiger partial charge >= 0.3 is 0 Å². The number of carbonyl (C=O) groups is 1.